The number of benzene rings is 1. The Labute approximate surface area is 139 Å². The first-order valence-corrected chi connectivity index (χ1v) is 7.72. The zero-order valence-corrected chi connectivity index (χ0v) is 13.5. The molecule has 1 saturated heterocycles. The van der Waals surface area contributed by atoms with Gasteiger partial charge in [0.1, 0.15) is 5.69 Å². The van der Waals surface area contributed by atoms with Gasteiger partial charge in [-0.2, -0.15) is 10.4 Å². The number of aryl methyl sites for hydroxylation is 1. The third kappa shape index (κ3) is 3.15. The number of rotatable bonds is 2. The van der Waals surface area contributed by atoms with Crippen LogP contribution in [0.25, 0.3) is 0 Å². The molecular weight excluding hydrogens is 314 g/mol. The Morgan fingerprint density at radius 2 is 2.04 bits per heavy atom. The molecule has 0 atom stereocenters. The number of halogens is 1. The van der Waals surface area contributed by atoms with Crippen LogP contribution >= 0.6 is 11.6 Å². The number of carbonyl (C=O) groups excluding carboxylic acids is 1. The summed E-state index contributed by atoms with van der Waals surface area (Å²) in [4.78, 5) is 16.3. The van der Waals surface area contributed by atoms with E-state index in [-0.39, 0.29) is 5.91 Å². The second kappa shape index (κ2) is 6.31. The predicted octanol–water partition coefficient (Wildman–Crippen LogP) is 2.21. The standard InChI is InChI=1S/C16H16ClN5O/c1-11-8-14(20-19-11)16(23)22-6-4-21(5-7-22)15-3-2-12(10-18)9-13(15)17/h2-3,8-9H,4-7H2,1H3,(H,19,20). The summed E-state index contributed by atoms with van der Waals surface area (Å²) in [6, 6.07) is 9.11. The van der Waals surface area contributed by atoms with Crippen LogP contribution in [-0.2, 0) is 0 Å². The van der Waals surface area contributed by atoms with Gasteiger partial charge in [-0.3, -0.25) is 9.89 Å². The van der Waals surface area contributed by atoms with Gasteiger partial charge in [0.05, 0.1) is 22.3 Å². The maximum Gasteiger partial charge on any atom is 0.274 e. The van der Waals surface area contributed by atoms with E-state index in [9.17, 15) is 4.79 Å². The molecule has 1 aliphatic heterocycles. The highest BCUT2D eigenvalue weighted by Gasteiger charge is 2.24. The molecule has 0 saturated carbocycles. The van der Waals surface area contributed by atoms with Crippen molar-refractivity contribution in [1.82, 2.24) is 15.1 Å². The molecule has 1 aromatic carbocycles. The summed E-state index contributed by atoms with van der Waals surface area (Å²) in [6.45, 7) is 4.48. The van der Waals surface area contributed by atoms with Gasteiger partial charge in [0.25, 0.3) is 5.91 Å². The van der Waals surface area contributed by atoms with E-state index in [4.69, 9.17) is 16.9 Å². The van der Waals surface area contributed by atoms with Crippen LogP contribution in [0.3, 0.4) is 0 Å². The maximum atomic E-state index is 12.4. The third-order valence-electron chi connectivity index (χ3n) is 3.91. The van der Waals surface area contributed by atoms with Crippen molar-refractivity contribution in [3.63, 3.8) is 0 Å². The second-order valence-corrected chi connectivity index (χ2v) is 5.90. The molecule has 2 heterocycles. The first kappa shape index (κ1) is 15.4. The molecule has 1 amide bonds. The van der Waals surface area contributed by atoms with Crippen LogP contribution < -0.4 is 4.90 Å². The van der Waals surface area contributed by atoms with Gasteiger partial charge in [-0.1, -0.05) is 11.6 Å². The summed E-state index contributed by atoms with van der Waals surface area (Å²) < 4.78 is 0. The van der Waals surface area contributed by atoms with Crippen molar-refractivity contribution in [3.05, 3.63) is 46.2 Å². The van der Waals surface area contributed by atoms with Gasteiger partial charge < -0.3 is 9.80 Å². The molecule has 0 spiro atoms. The lowest BCUT2D eigenvalue weighted by Crippen LogP contribution is -2.49. The van der Waals surface area contributed by atoms with E-state index in [0.29, 0.717) is 42.5 Å². The van der Waals surface area contributed by atoms with Crippen LogP contribution in [0.1, 0.15) is 21.7 Å². The number of aromatic nitrogens is 2. The monoisotopic (exact) mass is 329 g/mol. The quantitative estimate of drug-likeness (QED) is 0.916. The molecule has 2 aromatic rings. The minimum atomic E-state index is -0.0556. The van der Waals surface area contributed by atoms with Crippen molar-refractivity contribution in [2.45, 2.75) is 6.92 Å². The van der Waals surface area contributed by atoms with E-state index in [1.165, 1.54) is 0 Å². The smallest absolute Gasteiger partial charge is 0.274 e. The molecule has 0 unspecified atom stereocenters. The van der Waals surface area contributed by atoms with Crippen molar-refractivity contribution >= 4 is 23.2 Å². The molecule has 0 radical (unpaired) electrons. The SMILES string of the molecule is Cc1cc(C(=O)N2CCN(c3ccc(C#N)cc3Cl)CC2)n[nH]1. The number of hydrogen-bond acceptors (Lipinski definition) is 4. The van der Waals surface area contributed by atoms with Crippen LogP contribution in [0.15, 0.2) is 24.3 Å². The summed E-state index contributed by atoms with van der Waals surface area (Å²) in [5, 5.41) is 16.3. The van der Waals surface area contributed by atoms with E-state index < -0.39 is 0 Å². The number of carbonyl (C=O) groups is 1. The first-order chi connectivity index (χ1) is 11.1. The Morgan fingerprint density at radius 1 is 1.30 bits per heavy atom. The van der Waals surface area contributed by atoms with E-state index >= 15 is 0 Å². The third-order valence-corrected chi connectivity index (χ3v) is 4.21. The number of aromatic amines is 1. The van der Waals surface area contributed by atoms with Crippen LogP contribution in [0.4, 0.5) is 5.69 Å². The van der Waals surface area contributed by atoms with Crippen molar-refractivity contribution in [2.75, 3.05) is 31.1 Å². The molecular formula is C16H16ClN5O. The van der Waals surface area contributed by atoms with E-state index in [0.717, 1.165) is 11.4 Å². The minimum absolute atomic E-state index is 0.0556. The molecule has 3 rings (SSSR count). The largest absolute Gasteiger partial charge is 0.367 e. The topological polar surface area (TPSA) is 76.0 Å². The molecule has 1 fully saturated rings. The summed E-state index contributed by atoms with van der Waals surface area (Å²) in [5.41, 5.74) is 2.76. The van der Waals surface area contributed by atoms with Crippen molar-refractivity contribution in [2.24, 2.45) is 0 Å². The number of hydrogen-bond donors (Lipinski definition) is 1. The fraction of sp³-hybridized carbons (Fsp3) is 0.312. The molecule has 1 aliphatic rings. The Kier molecular flexibility index (Phi) is 4.22. The Balaban J connectivity index is 1.67. The highest BCUT2D eigenvalue weighted by atomic mass is 35.5. The average molecular weight is 330 g/mol. The number of nitrogens with zero attached hydrogens (tertiary/aromatic N) is 4. The fourth-order valence-electron chi connectivity index (χ4n) is 2.67. The normalized spacial score (nSPS) is 14.7. The molecule has 1 aromatic heterocycles. The molecule has 118 valence electrons. The fourth-order valence-corrected chi connectivity index (χ4v) is 2.97. The van der Waals surface area contributed by atoms with Gasteiger partial charge in [0.15, 0.2) is 0 Å². The van der Waals surface area contributed by atoms with Gasteiger partial charge in [-0.15, -0.1) is 0 Å². The van der Waals surface area contributed by atoms with Crippen LogP contribution in [0.2, 0.25) is 5.02 Å². The van der Waals surface area contributed by atoms with Gasteiger partial charge in [-0.05, 0) is 31.2 Å². The average Bonchev–Trinajstić information content (AvgIpc) is 3.00. The number of nitriles is 1. The molecule has 0 bridgehead atoms. The summed E-state index contributed by atoms with van der Waals surface area (Å²) in [7, 11) is 0. The highest BCUT2D eigenvalue weighted by molar-refractivity contribution is 6.33. The first-order valence-electron chi connectivity index (χ1n) is 7.34. The highest BCUT2D eigenvalue weighted by Crippen LogP contribution is 2.27. The molecule has 6 nitrogen and oxygen atoms in total. The van der Waals surface area contributed by atoms with Crippen molar-refractivity contribution in [3.8, 4) is 6.07 Å². The van der Waals surface area contributed by atoms with Crippen LogP contribution in [0, 0.1) is 18.3 Å². The van der Waals surface area contributed by atoms with E-state index in [2.05, 4.69) is 21.2 Å². The lowest BCUT2D eigenvalue weighted by Gasteiger charge is -2.36. The maximum absolute atomic E-state index is 12.4. The number of H-pyrrole nitrogens is 1. The second-order valence-electron chi connectivity index (χ2n) is 5.49. The zero-order valence-electron chi connectivity index (χ0n) is 12.7. The predicted molar refractivity (Wildman–Crippen MR) is 87.6 cm³/mol. The Bertz CT molecular complexity index is 771. The lowest BCUT2D eigenvalue weighted by molar-refractivity contribution is 0.0741. The molecule has 1 N–H and O–H groups in total. The molecule has 23 heavy (non-hydrogen) atoms. The van der Waals surface area contributed by atoms with Gasteiger partial charge in [0, 0.05) is 31.9 Å². The van der Waals surface area contributed by atoms with Crippen molar-refractivity contribution < 1.29 is 4.79 Å². The number of nitrogens with one attached hydrogen (secondary N) is 1. The van der Waals surface area contributed by atoms with Crippen LogP contribution in [0.5, 0.6) is 0 Å². The van der Waals surface area contributed by atoms with Gasteiger partial charge in [0.2, 0.25) is 0 Å². The van der Waals surface area contributed by atoms with Gasteiger partial charge in [-0.25, -0.2) is 0 Å². The van der Waals surface area contributed by atoms with Gasteiger partial charge >= 0.3 is 0 Å². The summed E-state index contributed by atoms with van der Waals surface area (Å²) in [5.74, 6) is -0.0556. The Morgan fingerprint density at radius 3 is 2.61 bits per heavy atom. The lowest BCUT2D eigenvalue weighted by atomic mass is 10.2. The number of amides is 1. The molecule has 0 aliphatic carbocycles. The van der Waals surface area contributed by atoms with E-state index in [1.807, 2.05) is 13.0 Å². The summed E-state index contributed by atoms with van der Waals surface area (Å²) in [6.07, 6.45) is 0. The Hall–Kier alpha value is -2.52. The minimum Gasteiger partial charge on any atom is -0.367 e. The molecule has 7 heteroatoms. The number of piperazine rings is 1. The number of anilines is 1. The van der Waals surface area contributed by atoms with E-state index in [1.54, 1.807) is 23.1 Å². The zero-order chi connectivity index (χ0) is 16.4. The summed E-state index contributed by atoms with van der Waals surface area (Å²) >= 11 is 6.25. The van der Waals surface area contributed by atoms with Crippen molar-refractivity contribution in [1.29, 1.82) is 5.26 Å². The van der Waals surface area contributed by atoms with Crippen LogP contribution in [-0.4, -0.2) is 47.2 Å².